The molecule has 12 rings (SSSR count). The van der Waals surface area contributed by atoms with Crippen LogP contribution >= 0.6 is 0 Å². The zero-order valence-electron chi connectivity index (χ0n) is 31.6. The molecule has 4 heteroatoms. The van der Waals surface area contributed by atoms with E-state index in [1.807, 2.05) is 12.1 Å². The maximum atomic E-state index is 5.39. The van der Waals surface area contributed by atoms with Crippen LogP contribution in [0.25, 0.3) is 71.6 Å². The summed E-state index contributed by atoms with van der Waals surface area (Å²) in [6.07, 6.45) is 1.92. The van der Waals surface area contributed by atoms with Crippen molar-refractivity contribution < 1.29 is 0 Å². The molecule has 1 aliphatic carbocycles. The van der Waals surface area contributed by atoms with Crippen molar-refractivity contribution in [1.29, 1.82) is 0 Å². The van der Waals surface area contributed by atoms with Gasteiger partial charge in [-0.05, 0) is 105 Å². The molecule has 9 aromatic rings. The molecule has 1 aromatic heterocycles. The molecule has 270 valence electrons. The lowest BCUT2D eigenvalue weighted by Gasteiger charge is -2.24. The van der Waals surface area contributed by atoms with Gasteiger partial charge in [0, 0.05) is 44.6 Å². The van der Waals surface area contributed by atoms with Gasteiger partial charge in [0.2, 0.25) is 0 Å². The monoisotopic (exact) mass is 722 g/mol. The Bertz CT molecular complexity index is 3050. The zero-order chi connectivity index (χ0) is 37.7. The lowest BCUT2D eigenvalue weighted by Crippen LogP contribution is -2.24. The summed E-state index contributed by atoms with van der Waals surface area (Å²) < 4.78 is 2.53. The Labute approximate surface area is 327 Å². The normalized spacial score (nSPS) is 15.2. The quantitative estimate of drug-likeness (QED) is 0.156. The number of nitrogens with one attached hydrogen (secondary N) is 1. The predicted molar refractivity (Wildman–Crippen MR) is 237 cm³/mol. The van der Waals surface area contributed by atoms with Crippen molar-refractivity contribution in [2.24, 2.45) is 0 Å². The molecule has 3 aliphatic rings. The Kier molecular flexibility index (Phi) is 7.06. The van der Waals surface area contributed by atoms with Crippen LogP contribution in [0.3, 0.4) is 0 Å². The van der Waals surface area contributed by atoms with Crippen LogP contribution in [-0.4, -0.2) is 10.6 Å². The summed E-state index contributed by atoms with van der Waals surface area (Å²) in [5.74, 6) is 0. The van der Waals surface area contributed by atoms with Gasteiger partial charge < -0.3 is 21.4 Å². The summed E-state index contributed by atoms with van der Waals surface area (Å²) in [6.45, 7) is 4.79. The van der Waals surface area contributed by atoms with E-state index in [-0.39, 0.29) is 11.5 Å². The SMILES string of the molecule is CC1(C)c2cc(CC3Cc4cccc5c4-c4c(cccc4-c4cccc6c7ccccc7n-5c46)N3)ccc2-c2cc3ccccc3cc21.Nc1ccccc1N. The molecule has 4 nitrogen and oxygen atoms in total. The van der Waals surface area contributed by atoms with Crippen LogP contribution < -0.4 is 16.8 Å². The van der Waals surface area contributed by atoms with Crippen LogP contribution in [0.4, 0.5) is 17.1 Å². The van der Waals surface area contributed by atoms with Gasteiger partial charge in [-0.15, -0.1) is 0 Å². The second kappa shape index (κ2) is 12.1. The van der Waals surface area contributed by atoms with Crippen molar-refractivity contribution in [1.82, 2.24) is 4.57 Å². The lowest BCUT2D eigenvalue weighted by atomic mass is 9.81. The number of rotatable bonds is 2. The molecule has 2 aliphatic heterocycles. The average molecular weight is 723 g/mol. The Hall–Kier alpha value is -6.78. The standard InChI is InChI=1S/C46H34N2.C6H8N2/c1-46(2)38-23-27(20-21-32(38)37-25-28-10-3-4-11-29(28)26-39(37)46)22-31-24-30-12-7-19-42-43(30)44-34(14-9-17-40(44)47-31)36-16-8-15-35-33-13-5-6-18-41(33)48(42)45(35)36;7-5-3-1-2-4-6(5)8/h3-21,23,25-26,31,47H,22,24H2,1-2H3;1-4H,7-8H2. The van der Waals surface area contributed by atoms with Crippen LogP contribution in [0.2, 0.25) is 0 Å². The average Bonchev–Trinajstić information content (AvgIpc) is 3.52. The highest BCUT2D eigenvalue weighted by atomic mass is 15.0. The van der Waals surface area contributed by atoms with E-state index in [0.29, 0.717) is 11.4 Å². The van der Waals surface area contributed by atoms with Crippen LogP contribution in [0.1, 0.15) is 36.1 Å². The highest BCUT2D eigenvalue weighted by molar-refractivity contribution is 6.17. The fourth-order valence-corrected chi connectivity index (χ4v) is 9.93. The van der Waals surface area contributed by atoms with E-state index in [2.05, 4.69) is 157 Å². The number of para-hydroxylation sites is 4. The van der Waals surface area contributed by atoms with Gasteiger partial charge in [-0.1, -0.05) is 129 Å². The molecule has 0 saturated heterocycles. The van der Waals surface area contributed by atoms with Gasteiger partial charge in [0.25, 0.3) is 0 Å². The molecule has 0 amide bonds. The summed E-state index contributed by atoms with van der Waals surface area (Å²) in [4.78, 5) is 0. The van der Waals surface area contributed by atoms with Gasteiger partial charge >= 0.3 is 0 Å². The molecule has 8 aromatic carbocycles. The fraction of sp³-hybridized carbons (Fsp3) is 0.115. The van der Waals surface area contributed by atoms with Gasteiger partial charge in [-0.2, -0.15) is 0 Å². The van der Waals surface area contributed by atoms with E-state index in [9.17, 15) is 0 Å². The van der Waals surface area contributed by atoms with E-state index in [0.717, 1.165) is 12.8 Å². The number of nitrogens with zero attached hydrogens (tertiary/aromatic N) is 1. The molecule has 3 heterocycles. The predicted octanol–water partition coefficient (Wildman–Crippen LogP) is 12.3. The molecular formula is C52H42N4. The Balaban J connectivity index is 0.000000408. The summed E-state index contributed by atoms with van der Waals surface area (Å²) in [6, 6.07) is 57.9. The van der Waals surface area contributed by atoms with Crippen molar-refractivity contribution in [3.8, 4) is 39.1 Å². The number of fused-ring (bicyclic) bond motifs is 9. The Morgan fingerprint density at radius 3 is 2.09 bits per heavy atom. The minimum atomic E-state index is -0.0418. The molecule has 56 heavy (non-hydrogen) atoms. The van der Waals surface area contributed by atoms with Gasteiger partial charge in [0.15, 0.2) is 0 Å². The first-order chi connectivity index (χ1) is 27.3. The van der Waals surface area contributed by atoms with Gasteiger partial charge in [-0.25, -0.2) is 0 Å². The molecular weight excluding hydrogens is 681 g/mol. The van der Waals surface area contributed by atoms with Crippen LogP contribution in [0, 0.1) is 0 Å². The molecule has 1 atom stereocenters. The van der Waals surface area contributed by atoms with E-state index >= 15 is 0 Å². The van der Waals surface area contributed by atoms with Gasteiger partial charge in [-0.3, -0.25) is 0 Å². The first kappa shape index (κ1) is 32.6. The smallest absolute Gasteiger partial charge is 0.0619 e. The van der Waals surface area contributed by atoms with E-state index in [4.69, 9.17) is 11.5 Å². The van der Waals surface area contributed by atoms with Crippen LogP contribution in [0.15, 0.2) is 158 Å². The highest BCUT2D eigenvalue weighted by Gasteiger charge is 2.36. The number of benzene rings is 8. The first-order valence-corrected chi connectivity index (χ1v) is 19.7. The Morgan fingerprint density at radius 1 is 0.589 bits per heavy atom. The summed E-state index contributed by atoms with van der Waals surface area (Å²) in [5, 5.41) is 9.35. The largest absolute Gasteiger partial charge is 0.397 e. The molecule has 0 saturated carbocycles. The van der Waals surface area contributed by atoms with Crippen molar-refractivity contribution in [3.63, 3.8) is 0 Å². The third kappa shape index (κ3) is 4.78. The number of anilines is 3. The van der Waals surface area contributed by atoms with Gasteiger partial charge in [0.05, 0.1) is 28.1 Å². The summed E-state index contributed by atoms with van der Waals surface area (Å²) in [7, 11) is 0. The zero-order valence-corrected chi connectivity index (χ0v) is 31.6. The second-order valence-electron chi connectivity index (χ2n) is 16.2. The molecule has 0 bridgehead atoms. The molecule has 1 unspecified atom stereocenters. The number of hydrogen-bond donors (Lipinski definition) is 3. The Morgan fingerprint density at radius 2 is 1.27 bits per heavy atom. The minimum Gasteiger partial charge on any atom is -0.397 e. The number of aromatic nitrogens is 1. The molecule has 0 spiro atoms. The van der Waals surface area contributed by atoms with Crippen LogP contribution in [0.5, 0.6) is 0 Å². The topological polar surface area (TPSA) is 69.0 Å². The maximum absolute atomic E-state index is 5.39. The molecule has 0 radical (unpaired) electrons. The summed E-state index contributed by atoms with van der Waals surface area (Å²) >= 11 is 0. The maximum Gasteiger partial charge on any atom is 0.0619 e. The minimum absolute atomic E-state index is 0.0418. The van der Waals surface area contributed by atoms with Crippen molar-refractivity contribution in [3.05, 3.63) is 180 Å². The summed E-state index contributed by atoms with van der Waals surface area (Å²) in [5.41, 5.74) is 30.9. The van der Waals surface area contributed by atoms with Crippen molar-refractivity contribution in [2.75, 3.05) is 16.8 Å². The fourth-order valence-electron chi connectivity index (χ4n) is 9.93. The second-order valence-corrected chi connectivity index (χ2v) is 16.2. The lowest BCUT2D eigenvalue weighted by molar-refractivity contribution is 0.657. The molecule has 0 fully saturated rings. The number of nitrogen functional groups attached to an aromatic ring is 2. The van der Waals surface area contributed by atoms with E-state index < -0.39 is 0 Å². The first-order valence-electron chi connectivity index (χ1n) is 19.7. The third-order valence-corrected chi connectivity index (χ3v) is 12.6. The van der Waals surface area contributed by atoms with E-state index in [1.165, 1.54) is 99.6 Å². The number of hydrogen-bond acceptors (Lipinski definition) is 3. The van der Waals surface area contributed by atoms with Crippen molar-refractivity contribution >= 4 is 49.6 Å². The van der Waals surface area contributed by atoms with Crippen molar-refractivity contribution in [2.45, 2.75) is 38.1 Å². The molecule has 5 N–H and O–H groups in total. The number of nitrogens with two attached hydrogens (primary N) is 2. The van der Waals surface area contributed by atoms with Gasteiger partial charge in [0.1, 0.15) is 0 Å². The van der Waals surface area contributed by atoms with Crippen LogP contribution in [-0.2, 0) is 18.3 Å². The third-order valence-electron chi connectivity index (χ3n) is 12.6. The highest BCUT2D eigenvalue weighted by Crippen LogP contribution is 2.52. The van der Waals surface area contributed by atoms with E-state index in [1.54, 1.807) is 12.1 Å².